The number of rotatable bonds is 15. The molecule has 0 aliphatic carbocycles. The topological polar surface area (TPSA) is 269 Å². The van der Waals surface area contributed by atoms with Crippen LogP contribution in [0.25, 0.3) is 73.3 Å². The van der Waals surface area contributed by atoms with Crippen molar-refractivity contribution in [1.82, 2.24) is 48.4 Å². The Morgan fingerprint density at radius 2 is 0.819 bits per heavy atom. The fourth-order valence-electron chi connectivity index (χ4n) is 10.5. The van der Waals surface area contributed by atoms with E-state index in [-0.39, 0.29) is 69.5 Å². The van der Waals surface area contributed by atoms with Crippen LogP contribution in [-0.2, 0) is 9.47 Å². The van der Waals surface area contributed by atoms with Crippen LogP contribution in [0, 0.1) is 0 Å². The van der Waals surface area contributed by atoms with E-state index in [0.29, 0.717) is 71.5 Å². The first-order valence-corrected chi connectivity index (χ1v) is 35.6. The molecule has 526 valence electrons. The summed E-state index contributed by atoms with van der Waals surface area (Å²) >= 11 is 34.3. The normalized spacial score (nSPS) is 11.0. The molecular formula is C77H55Br3Cl4N12O9. The van der Waals surface area contributed by atoms with Crippen molar-refractivity contribution in [3.8, 4) is 51.2 Å². The summed E-state index contributed by atoms with van der Waals surface area (Å²) in [7, 11) is 0. The number of hydrogen-bond donors (Lipinski definition) is 2. The highest BCUT2D eigenvalue weighted by atomic mass is 79.9. The SMILES string of the molecule is CCOC(=O)c1nn(-c2ccccc2)c(N)c1C(C)=O.CCOC(=O)c1nn(-c2ccccc2)c2nc(-c3ccc(Br)cc3)n(-c3ccc(Cl)cc3)c(=O)c12.ClC(=Nc1ccc(Cl)cc1)c1ccc(Br)cc1.O=C(O)c1nn(-c2ccccc2)c2nc(-c3ccc(Br)cc3)n(-c3ccc(Cl)cc3)c(=O)c12. The first-order valence-electron chi connectivity index (χ1n) is 31.7. The predicted octanol–water partition coefficient (Wildman–Crippen LogP) is 18.4. The Morgan fingerprint density at radius 3 is 1.21 bits per heavy atom. The van der Waals surface area contributed by atoms with Crippen LogP contribution >= 0.6 is 94.2 Å². The molecule has 105 heavy (non-hydrogen) atoms. The molecule has 0 aliphatic heterocycles. The molecule has 9 aromatic carbocycles. The molecule has 5 heterocycles. The van der Waals surface area contributed by atoms with Crippen LogP contribution in [0.4, 0.5) is 11.5 Å². The lowest BCUT2D eigenvalue weighted by Crippen LogP contribution is -2.23. The van der Waals surface area contributed by atoms with Crippen LogP contribution in [0.5, 0.6) is 0 Å². The molecule has 28 heteroatoms. The first-order chi connectivity index (χ1) is 50.6. The van der Waals surface area contributed by atoms with Gasteiger partial charge in [0.1, 0.15) is 33.4 Å². The molecule has 14 rings (SSSR count). The maximum Gasteiger partial charge on any atom is 0.359 e. The van der Waals surface area contributed by atoms with Crippen molar-refractivity contribution in [3.05, 3.63) is 314 Å². The van der Waals surface area contributed by atoms with Gasteiger partial charge in [0.25, 0.3) is 11.1 Å². The zero-order valence-electron chi connectivity index (χ0n) is 55.3. The Morgan fingerprint density at radius 1 is 0.467 bits per heavy atom. The highest BCUT2D eigenvalue weighted by molar-refractivity contribution is 9.11. The van der Waals surface area contributed by atoms with Crippen molar-refractivity contribution in [2.45, 2.75) is 20.8 Å². The Hall–Kier alpha value is -11.0. The van der Waals surface area contributed by atoms with Gasteiger partial charge in [-0.1, -0.05) is 185 Å². The molecule has 0 atom stereocenters. The summed E-state index contributed by atoms with van der Waals surface area (Å²) in [4.78, 5) is 90.3. The molecular weight excluding hydrogens is 1620 g/mol. The summed E-state index contributed by atoms with van der Waals surface area (Å²) in [6, 6.07) is 70.4. The van der Waals surface area contributed by atoms with E-state index in [0.717, 1.165) is 24.7 Å². The number of nitrogens with zero attached hydrogens (tertiary/aromatic N) is 11. The quantitative estimate of drug-likeness (QED) is 0.0549. The fourth-order valence-corrected chi connectivity index (χ4v) is 11.9. The van der Waals surface area contributed by atoms with Crippen molar-refractivity contribution in [1.29, 1.82) is 0 Å². The molecule has 0 aliphatic rings. The van der Waals surface area contributed by atoms with Gasteiger partial charge in [-0.15, -0.1) is 0 Å². The van der Waals surface area contributed by atoms with Gasteiger partial charge in [0.05, 0.1) is 52.9 Å². The summed E-state index contributed by atoms with van der Waals surface area (Å²) < 4.78 is 20.0. The Kier molecular flexibility index (Phi) is 24.4. The fraction of sp³-hybridized carbons (Fsp3) is 0.0649. The van der Waals surface area contributed by atoms with Gasteiger partial charge in [-0.05, 0) is 166 Å². The second-order valence-corrected chi connectivity index (χ2v) is 26.7. The molecule has 0 bridgehead atoms. The zero-order valence-corrected chi connectivity index (χ0v) is 63.1. The van der Waals surface area contributed by atoms with E-state index < -0.39 is 29.0 Å². The number of carboxylic acid groups (broad SMARTS) is 1. The van der Waals surface area contributed by atoms with Crippen LogP contribution in [0.3, 0.4) is 0 Å². The number of fused-ring (bicyclic) bond motifs is 2. The molecule has 0 radical (unpaired) electrons. The van der Waals surface area contributed by atoms with Gasteiger partial charge in [0, 0.05) is 45.2 Å². The van der Waals surface area contributed by atoms with Crippen LogP contribution < -0.4 is 16.9 Å². The first kappa shape index (κ1) is 75.2. The third kappa shape index (κ3) is 17.3. The number of esters is 2. The van der Waals surface area contributed by atoms with Gasteiger partial charge in [0.2, 0.25) is 0 Å². The molecule has 0 amide bonds. The smallest absolute Gasteiger partial charge is 0.359 e. The number of nitrogen functional groups attached to an aromatic ring is 1. The van der Waals surface area contributed by atoms with Gasteiger partial charge in [0.15, 0.2) is 34.2 Å². The second-order valence-electron chi connectivity index (χ2n) is 22.3. The number of aromatic nitrogens is 10. The maximum absolute atomic E-state index is 14.1. The molecule has 0 saturated carbocycles. The lowest BCUT2D eigenvalue weighted by Gasteiger charge is -2.14. The number of para-hydroxylation sites is 3. The summed E-state index contributed by atoms with van der Waals surface area (Å²) in [5, 5.41) is 24.8. The number of hydrogen-bond acceptors (Lipinski definition) is 15. The number of carbonyl (C=O) groups is 4. The van der Waals surface area contributed by atoms with E-state index in [1.54, 1.807) is 111 Å². The number of nitrogens with two attached hydrogens (primary N) is 1. The third-order valence-electron chi connectivity index (χ3n) is 15.3. The van der Waals surface area contributed by atoms with Crippen molar-refractivity contribution in [2.24, 2.45) is 4.99 Å². The number of carboxylic acids is 1. The number of ketones is 1. The summed E-state index contributed by atoms with van der Waals surface area (Å²) in [5.41, 5.74) is 11.0. The van der Waals surface area contributed by atoms with Crippen LogP contribution in [-0.4, -0.2) is 95.6 Å². The average Bonchev–Trinajstić information content (AvgIpc) is 1.63. The number of anilines is 1. The van der Waals surface area contributed by atoms with Crippen LogP contribution in [0.15, 0.2) is 265 Å². The molecule has 0 saturated heterocycles. The Balaban J connectivity index is 0.000000146. The monoisotopic (exact) mass is 1670 g/mol. The second kappa shape index (κ2) is 34.1. The van der Waals surface area contributed by atoms with Crippen molar-refractivity contribution in [3.63, 3.8) is 0 Å². The lowest BCUT2D eigenvalue weighted by molar-refractivity contribution is 0.0509. The van der Waals surface area contributed by atoms with Gasteiger partial charge in [-0.2, -0.15) is 15.3 Å². The summed E-state index contributed by atoms with van der Waals surface area (Å²) in [6.45, 7) is 5.07. The van der Waals surface area contributed by atoms with Crippen LogP contribution in [0.1, 0.15) is 68.2 Å². The van der Waals surface area contributed by atoms with Gasteiger partial charge >= 0.3 is 17.9 Å². The minimum Gasteiger partial charge on any atom is -0.476 e. The predicted molar refractivity (Wildman–Crippen MR) is 420 cm³/mol. The van der Waals surface area contributed by atoms with E-state index in [2.05, 4.69) is 68.1 Å². The number of benzene rings is 9. The Bertz CT molecular complexity index is 5670. The molecule has 21 nitrogen and oxygen atoms in total. The van der Waals surface area contributed by atoms with Crippen molar-refractivity contribution >= 4 is 157 Å². The van der Waals surface area contributed by atoms with E-state index in [1.165, 1.54) is 30.1 Å². The maximum atomic E-state index is 14.1. The van der Waals surface area contributed by atoms with E-state index in [4.69, 9.17) is 71.6 Å². The Labute approximate surface area is 643 Å². The highest BCUT2D eigenvalue weighted by Crippen LogP contribution is 2.31. The third-order valence-corrected chi connectivity index (χ3v) is 18.0. The highest BCUT2D eigenvalue weighted by Gasteiger charge is 2.30. The standard InChI is InChI=1S/C26H18BrClN4O3.C24H14BrClN4O3.C14H15N3O3.C13H8BrCl2N/c1-2-35-26(34)22-21-24(32(30-22)20-6-4-3-5-7-20)29-23(16-8-10-17(27)11-9-16)31(25(21)33)19-14-12-18(28)13-15-19;25-15-8-6-14(7-9-15)21-27-22-19(23(31)29(21)17-12-10-16(26)11-13-17)20(24(32)33)28-30(22)18-4-2-1-3-5-18;1-3-20-14(19)12-11(9(2)18)13(15)17(16-12)10-7-5-4-6-8-10;14-10-3-1-9(2-4-10)13(16)17-12-7-5-11(15)6-8-12/h3-15H,2H2,1H3;1-13H,(H,32,33);4-8H,3,15H2,1-2H3;1-8H. The summed E-state index contributed by atoms with van der Waals surface area (Å²) in [5.74, 6) is -2.11. The van der Waals surface area contributed by atoms with Crippen molar-refractivity contribution < 1.29 is 33.8 Å². The molecule has 0 unspecified atom stereocenters. The zero-order chi connectivity index (χ0) is 74.6. The molecule has 0 spiro atoms. The number of Topliss-reactive ketones (excluding diaryl/α,β-unsaturated/α-hetero) is 1. The van der Waals surface area contributed by atoms with E-state index in [1.807, 2.05) is 140 Å². The van der Waals surface area contributed by atoms with Gasteiger partial charge in [-0.3, -0.25) is 23.5 Å². The number of aliphatic imine (C=N–C) groups is 1. The lowest BCUT2D eigenvalue weighted by atomic mass is 10.1. The number of aromatic carboxylic acids is 1. The van der Waals surface area contributed by atoms with Gasteiger partial charge < -0.3 is 20.3 Å². The van der Waals surface area contributed by atoms with Gasteiger partial charge in [-0.25, -0.2) is 43.4 Å². The largest absolute Gasteiger partial charge is 0.476 e. The van der Waals surface area contributed by atoms with Crippen LogP contribution in [0.2, 0.25) is 15.1 Å². The molecule has 0 fully saturated rings. The van der Waals surface area contributed by atoms with E-state index >= 15 is 0 Å². The molecule has 14 aromatic rings. The molecule has 5 aromatic heterocycles. The number of ether oxygens (including phenoxy) is 2. The van der Waals surface area contributed by atoms with E-state index in [9.17, 15) is 33.9 Å². The minimum absolute atomic E-state index is 0.0549. The molecule has 3 N–H and O–H groups in total. The average molecular weight is 1670 g/mol. The minimum atomic E-state index is -1.31. The van der Waals surface area contributed by atoms with Crippen molar-refractivity contribution in [2.75, 3.05) is 18.9 Å². The number of carbonyl (C=O) groups excluding carboxylic acids is 3. The summed E-state index contributed by atoms with van der Waals surface area (Å²) in [6.07, 6.45) is 0. The number of halogens is 7.